The van der Waals surface area contributed by atoms with Gasteiger partial charge in [0, 0.05) is 13.1 Å². The maximum atomic E-state index is 12.8. The van der Waals surface area contributed by atoms with Crippen LogP contribution >= 0.6 is 0 Å². The minimum Gasteiger partial charge on any atom is -0.480 e. The van der Waals surface area contributed by atoms with E-state index in [-0.39, 0.29) is 18.4 Å². The first kappa shape index (κ1) is 17.9. The lowest BCUT2D eigenvalue weighted by Crippen LogP contribution is -2.41. The molecule has 1 amide bonds. The smallest absolute Gasteiger partial charge is 0.323 e. The van der Waals surface area contributed by atoms with E-state index in [0.29, 0.717) is 13.1 Å². The minimum absolute atomic E-state index is 0.158. The Hall–Kier alpha value is -2.40. The first-order valence-electron chi connectivity index (χ1n) is 8.02. The van der Waals surface area contributed by atoms with Crippen LogP contribution in [0, 0.1) is 0 Å². The van der Waals surface area contributed by atoms with Gasteiger partial charge in [-0.3, -0.25) is 9.59 Å². The number of hydrogen-bond donors (Lipinski definition) is 1. The van der Waals surface area contributed by atoms with Crippen molar-refractivity contribution in [1.29, 1.82) is 0 Å². The van der Waals surface area contributed by atoms with E-state index in [9.17, 15) is 9.59 Å². The second-order valence-electron chi connectivity index (χ2n) is 6.29. The third kappa shape index (κ3) is 4.55. The number of amides is 1. The summed E-state index contributed by atoms with van der Waals surface area (Å²) in [5.74, 6) is -1.53. The van der Waals surface area contributed by atoms with Gasteiger partial charge in [-0.15, -0.1) is 0 Å². The molecule has 1 atom stereocenters. The van der Waals surface area contributed by atoms with Crippen molar-refractivity contribution in [2.45, 2.75) is 12.8 Å². The number of carboxylic acid groups (broad SMARTS) is 1. The number of carbonyl (C=O) groups is 2. The van der Waals surface area contributed by atoms with E-state index in [0.717, 1.165) is 16.3 Å². The molecule has 24 heavy (non-hydrogen) atoms. The second-order valence-corrected chi connectivity index (χ2v) is 6.29. The van der Waals surface area contributed by atoms with Crippen molar-refractivity contribution in [3.63, 3.8) is 0 Å². The minimum atomic E-state index is -0.993. The zero-order valence-electron chi connectivity index (χ0n) is 14.4. The summed E-state index contributed by atoms with van der Waals surface area (Å²) >= 11 is 0. The molecule has 0 aromatic heterocycles. The Bertz CT molecular complexity index is 727. The summed E-state index contributed by atoms with van der Waals surface area (Å²) < 4.78 is 0. The van der Waals surface area contributed by atoms with Crippen LogP contribution in [0.3, 0.4) is 0 Å². The van der Waals surface area contributed by atoms with Crippen LogP contribution in [0.2, 0.25) is 0 Å². The lowest BCUT2D eigenvalue weighted by atomic mass is 9.96. The van der Waals surface area contributed by atoms with Gasteiger partial charge in [-0.25, -0.2) is 0 Å². The Balaban J connectivity index is 2.20. The van der Waals surface area contributed by atoms with Gasteiger partial charge in [0.15, 0.2) is 0 Å². The standard InChI is InChI=1S/C19H24N2O3/c1-14(16-9-8-15-6-4-5-7-17(15)12-16)19(24)21(13-18(22)23)11-10-20(2)3/h4-9,12,14H,10-11,13H2,1-3H3,(H,22,23). The molecule has 0 radical (unpaired) electrons. The van der Waals surface area contributed by atoms with E-state index >= 15 is 0 Å². The molecule has 0 spiro atoms. The van der Waals surface area contributed by atoms with Crippen molar-refractivity contribution >= 4 is 22.6 Å². The van der Waals surface area contributed by atoms with Gasteiger partial charge in [0.1, 0.15) is 6.54 Å². The molecule has 128 valence electrons. The highest BCUT2D eigenvalue weighted by Gasteiger charge is 2.23. The molecule has 2 aromatic rings. The van der Waals surface area contributed by atoms with Gasteiger partial charge in [-0.2, -0.15) is 0 Å². The number of carbonyl (C=O) groups excluding carboxylic acids is 1. The summed E-state index contributed by atoms with van der Waals surface area (Å²) in [6, 6.07) is 13.9. The average Bonchev–Trinajstić information content (AvgIpc) is 2.56. The van der Waals surface area contributed by atoms with Gasteiger partial charge in [0.05, 0.1) is 5.92 Å². The topological polar surface area (TPSA) is 60.9 Å². The van der Waals surface area contributed by atoms with Gasteiger partial charge in [-0.1, -0.05) is 42.5 Å². The number of hydrogen-bond acceptors (Lipinski definition) is 3. The molecule has 5 heteroatoms. The molecule has 1 N–H and O–H groups in total. The van der Waals surface area contributed by atoms with Crippen LogP contribution in [0.5, 0.6) is 0 Å². The molecule has 0 aliphatic heterocycles. The highest BCUT2D eigenvalue weighted by Crippen LogP contribution is 2.23. The zero-order valence-corrected chi connectivity index (χ0v) is 14.4. The number of nitrogens with zero attached hydrogens (tertiary/aromatic N) is 2. The van der Waals surface area contributed by atoms with Crippen LogP contribution < -0.4 is 0 Å². The van der Waals surface area contributed by atoms with E-state index < -0.39 is 5.97 Å². The number of carboxylic acids is 1. The lowest BCUT2D eigenvalue weighted by Gasteiger charge is -2.26. The highest BCUT2D eigenvalue weighted by atomic mass is 16.4. The van der Waals surface area contributed by atoms with Gasteiger partial charge in [0.2, 0.25) is 5.91 Å². The Morgan fingerprint density at radius 3 is 2.33 bits per heavy atom. The fourth-order valence-corrected chi connectivity index (χ4v) is 2.64. The maximum absolute atomic E-state index is 12.8. The number of aliphatic carboxylic acids is 1. The zero-order chi connectivity index (χ0) is 17.7. The SMILES string of the molecule is CC(C(=O)N(CCN(C)C)CC(=O)O)c1ccc2ccccc2c1. The Morgan fingerprint density at radius 2 is 1.71 bits per heavy atom. The summed E-state index contributed by atoms with van der Waals surface area (Å²) in [4.78, 5) is 27.2. The maximum Gasteiger partial charge on any atom is 0.323 e. The number of benzene rings is 2. The monoisotopic (exact) mass is 328 g/mol. The molecule has 0 bridgehead atoms. The Labute approximate surface area is 142 Å². The van der Waals surface area contributed by atoms with Crippen LogP contribution in [0.4, 0.5) is 0 Å². The molecule has 0 saturated carbocycles. The summed E-state index contributed by atoms with van der Waals surface area (Å²) in [5, 5.41) is 11.3. The Morgan fingerprint density at radius 1 is 1.04 bits per heavy atom. The number of fused-ring (bicyclic) bond motifs is 1. The quantitative estimate of drug-likeness (QED) is 0.848. The second kappa shape index (κ2) is 7.93. The van der Waals surface area contributed by atoms with Crippen LogP contribution in [-0.2, 0) is 9.59 Å². The normalized spacial score (nSPS) is 12.3. The molecule has 5 nitrogen and oxygen atoms in total. The first-order valence-corrected chi connectivity index (χ1v) is 8.02. The van der Waals surface area contributed by atoms with Crippen molar-refractivity contribution < 1.29 is 14.7 Å². The number of rotatable bonds is 7. The van der Waals surface area contributed by atoms with Crippen molar-refractivity contribution in [3.05, 3.63) is 48.0 Å². The van der Waals surface area contributed by atoms with E-state index in [1.165, 1.54) is 4.90 Å². The van der Waals surface area contributed by atoms with Gasteiger partial charge < -0.3 is 14.9 Å². The summed E-state index contributed by atoms with van der Waals surface area (Å²) in [5.41, 5.74) is 0.902. The van der Waals surface area contributed by atoms with Gasteiger partial charge in [-0.05, 0) is 37.4 Å². The molecule has 0 aliphatic carbocycles. The van der Waals surface area contributed by atoms with Gasteiger partial charge >= 0.3 is 5.97 Å². The molecular formula is C19H24N2O3. The third-order valence-corrected chi connectivity index (χ3v) is 4.10. The molecule has 0 aliphatic rings. The average molecular weight is 328 g/mol. The van der Waals surface area contributed by atoms with Crippen molar-refractivity contribution in [2.75, 3.05) is 33.7 Å². The first-order chi connectivity index (χ1) is 11.4. The van der Waals surface area contributed by atoms with Crippen LogP contribution in [0.25, 0.3) is 10.8 Å². The number of likely N-dealkylation sites (N-methyl/N-ethyl adjacent to an activating group) is 1. The van der Waals surface area contributed by atoms with Crippen LogP contribution in [0.15, 0.2) is 42.5 Å². The molecule has 2 rings (SSSR count). The Kier molecular flexibility index (Phi) is 5.93. The fraction of sp³-hybridized carbons (Fsp3) is 0.368. The van der Waals surface area contributed by atoms with E-state index in [1.54, 1.807) is 0 Å². The van der Waals surface area contributed by atoms with E-state index in [1.807, 2.05) is 68.4 Å². The largest absolute Gasteiger partial charge is 0.480 e. The molecule has 0 saturated heterocycles. The van der Waals surface area contributed by atoms with E-state index in [2.05, 4.69) is 0 Å². The highest BCUT2D eigenvalue weighted by molar-refractivity contribution is 5.89. The molecular weight excluding hydrogens is 304 g/mol. The van der Waals surface area contributed by atoms with Crippen molar-refractivity contribution in [3.8, 4) is 0 Å². The molecule has 1 unspecified atom stereocenters. The summed E-state index contributed by atoms with van der Waals surface area (Å²) in [6.07, 6.45) is 0. The fourth-order valence-electron chi connectivity index (χ4n) is 2.64. The lowest BCUT2D eigenvalue weighted by molar-refractivity contribution is -0.145. The summed E-state index contributed by atoms with van der Waals surface area (Å²) in [7, 11) is 3.80. The molecule has 0 heterocycles. The van der Waals surface area contributed by atoms with Crippen LogP contribution in [-0.4, -0.2) is 60.5 Å². The third-order valence-electron chi connectivity index (χ3n) is 4.10. The predicted octanol–water partition coefficient (Wildman–Crippen LogP) is 2.42. The van der Waals surface area contributed by atoms with Crippen LogP contribution in [0.1, 0.15) is 18.4 Å². The molecule has 0 fully saturated rings. The van der Waals surface area contributed by atoms with Gasteiger partial charge in [0.25, 0.3) is 0 Å². The van der Waals surface area contributed by atoms with Crippen molar-refractivity contribution in [2.24, 2.45) is 0 Å². The summed E-state index contributed by atoms with van der Waals surface area (Å²) in [6.45, 7) is 2.58. The van der Waals surface area contributed by atoms with Crippen molar-refractivity contribution in [1.82, 2.24) is 9.80 Å². The van der Waals surface area contributed by atoms with E-state index in [4.69, 9.17) is 5.11 Å². The molecule has 2 aromatic carbocycles. The predicted molar refractivity (Wildman–Crippen MR) is 95.1 cm³/mol.